The predicted molar refractivity (Wildman–Crippen MR) is 129 cm³/mol. The summed E-state index contributed by atoms with van der Waals surface area (Å²) in [6, 6.07) is 17.9. The van der Waals surface area contributed by atoms with Gasteiger partial charge < -0.3 is 15.1 Å². The first-order chi connectivity index (χ1) is 16.0. The van der Waals surface area contributed by atoms with E-state index >= 15 is 0 Å². The van der Waals surface area contributed by atoms with Gasteiger partial charge in [0.25, 0.3) is 5.91 Å². The fourth-order valence-corrected chi connectivity index (χ4v) is 3.76. The van der Waals surface area contributed by atoms with E-state index in [-0.39, 0.29) is 17.5 Å². The van der Waals surface area contributed by atoms with Gasteiger partial charge in [-0.25, -0.2) is 4.39 Å². The van der Waals surface area contributed by atoms with E-state index in [0.29, 0.717) is 36.9 Å². The molecule has 172 valence electrons. The molecule has 0 radical (unpaired) electrons. The van der Waals surface area contributed by atoms with Crippen molar-refractivity contribution in [1.29, 1.82) is 0 Å². The van der Waals surface area contributed by atoms with Crippen molar-refractivity contribution in [2.75, 3.05) is 13.1 Å². The van der Waals surface area contributed by atoms with Crippen LogP contribution in [-0.4, -0.2) is 23.9 Å². The second-order valence-electron chi connectivity index (χ2n) is 8.12. The summed E-state index contributed by atoms with van der Waals surface area (Å²) >= 11 is 0. The number of nitrogens with zero attached hydrogens (tertiary/aromatic N) is 1. The summed E-state index contributed by atoms with van der Waals surface area (Å²) < 4.78 is 19.3. The third-order valence-electron chi connectivity index (χ3n) is 5.45. The van der Waals surface area contributed by atoms with Crippen LogP contribution in [0.25, 0.3) is 0 Å². The third kappa shape index (κ3) is 6.57. The van der Waals surface area contributed by atoms with Gasteiger partial charge in [0.2, 0.25) is 0 Å². The maximum absolute atomic E-state index is 13.7. The van der Waals surface area contributed by atoms with Crippen molar-refractivity contribution in [2.24, 2.45) is 5.73 Å². The molecule has 1 aliphatic heterocycles. The summed E-state index contributed by atoms with van der Waals surface area (Å²) in [5, 5.41) is 0. The van der Waals surface area contributed by atoms with Gasteiger partial charge in [-0.05, 0) is 60.1 Å². The van der Waals surface area contributed by atoms with Crippen molar-refractivity contribution in [3.05, 3.63) is 94.7 Å². The second kappa shape index (κ2) is 12.0. The lowest BCUT2D eigenvalue weighted by Gasteiger charge is -2.31. The zero-order valence-electron chi connectivity index (χ0n) is 19.3. The molecule has 0 bridgehead atoms. The van der Waals surface area contributed by atoms with Crippen LogP contribution in [0, 0.1) is 17.7 Å². The molecule has 4 nitrogen and oxygen atoms in total. The number of hydrogen-bond acceptors (Lipinski definition) is 3. The van der Waals surface area contributed by atoms with Crippen LogP contribution < -0.4 is 5.73 Å². The smallest absolute Gasteiger partial charge is 0.289 e. The van der Waals surface area contributed by atoms with Crippen LogP contribution in [0.1, 0.15) is 72.0 Å². The molecule has 0 saturated carbocycles. The number of rotatable bonds is 3. The fraction of sp³-hybridized carbons (Fsp3) is 0.321. The van der Waals surface area contributed by atoms with Gasteiger partial charge in [-0.1, -0.05) is 62.6 Å². The van der Waals surface area contributed by atoms with Gasteiger partial charge in [-0.2, -0.15) is 0 Å². The molecule has 1 aliphatic rings. The molecule has 33 heavy (non-hydrogen) atoms. The van der Waals surface area contributed by atoms with Gasteiger partial charge in [0.1, 0.15) is 5.82 Å². The molecule has 1 amide bonds. The average Bonchev–Trinajstić information content (AvgIpc) is 3.33. The first-order valence-corrected chi connectivity index (χ1v) is 11.5. The molecule has 5 heteroatoms. The number of amides is 1. The Hall–Kier alpha value is -3.36. The van der Waals surface area contributed by atoms with Crippen molar-refractivity contribution in [3.63, 3.8) is 0 Å². The number of benzene rings is 2. The quantitative estimate of drug-likeness (QED) is 0.524. The Morgan fingerprint density at radius 1 is 1.06 bits per heavy atom. The Labute approximate surface area is 195 Å². The van der Waals surface area contributed by atoms with Gasteiger partial charge in [-0.15, -0.1) is 0 Å². The molecule has 0 aliphatic carbocycles. The van der Waals surface area contributed by atoms with Crippen LogP contribution in [-0.2, 0) is 6.54 Å². The maximum Gasteiger partial charge on any atom is 0.289 e. The summed E-state index contributed by atoms with van der Waals surface area (Å²) in [6.45, 7) is 6.13. The van der Waals surface area contributed by atoms with Crippen molar-refractivity contribution in [3.8, 4) is 11.8 Å². The third-order valence-corrected chi connectivity index (χ3v) is 5.45. The molecule has 4 rings (SSSR count). The van der Waals surface area contributed by atoms with E-state index in [2.05, 4.69) is 37.8 Å². The monoisotopic (exact) mass is 446 g/mol. The van der Waals surface area contributed by atoms with E-state index in [9.17, 15) is 9.18 Å². The second-order valence-corrected chi connectivity index (χ2v) is 8.12. The largest absolute Gasteiger partial charge is 0.443 e. The molecule has 1 saturated heterocycles. The number of piperidine rings is 1. The standard InChI is InChI=1S/C25H23FN2O2.C3H8/c26-23-7-2-1-5-20(23)8-9-22-10-11-24(30-22)25(29)28-14-12-19(13-15-28)21-6-3-4-18(16-21)17-27;1-3-2/h1-7,10-11,16,19H,12-15,17,27H2;3H2,1-2H3. The van der Waals surface area contributed by atoms with Crippen molar-refractivity contribution < 1.29 is 13.6 Å². The summed E-state index contributed by atoms with van der Waals surface area (Å²) in [5.41, 5.74) is 8.46. The lowest BCUT2D eigenvalue weighted by Crippen LogP contribution is -2.37. The van der Waals surface area contributed by atoms with E-state index in [0.717, 1.165) is 18.4 Å². The molecule has 1 aromatic heterocycles. The zero-order valence-corrected chi connectivity index (χ0v) is 19.3. The van der Waals surface area contributed by atoms with Crippen LogP contribution >= 0.6 is 0 Å². The fourth-order valence-electron chi connectivity index (χ4n) is 3.76. The summed E-state index contributed by atoms with van der Waals surface area (Å²) in [7, 11) is 0. The zero-order chi connectivity index (χ0) is 23.6. The number of carbonyl (C=O) groups is 1. The number of halogens is 1. The molecule has 2 heterocycles. The van der Waals surface area contributed by atoms with Crippen molar-refractivity contribution in [2.45, 2.75) is 45.6 Å². The minimum atomic E-state index is -0.382. The number of furan rings is 1. The van der Waals surface area contributed by atoms with Crippen LogP contribution in [0.3, 0.4) is 0 Å². The van der Waals surface area contributed by atoms with Crippen LogP contribution in [0.5, 0.6) is 0 Å². The number of carbonyl (C=O) groups excluding carboxylic acids is 1. The molecule has 0 spiro atoms. The normalized spacial score (nSPS) is 13.5. The highest BCUT2D eigenvalue weighted by molar-refractivity contribution is 5.91. The Bertz CT molecular complexity index is 1120. The Morgan fingerprint density at radius 3 is 2.48 bits per heavy atom. The molecule has 2 N–H and O–H groups in total. The summed E-state index contributed by atoms with van der Waals surface area (Å²) in [6.07, 6.45) is 3.06. The molecule has 0 unspecified atom stereocenters. The minimum Gasteiger partial charge on any atom is -0.443 e. The van der Waals surface area contributed by atoms with Gasteiger partial charge in [0.15, 0.2) is 11.5 Å². The maximum atomic E-state index is 13.7. The van der Waals surface area contributed by atoms with E-state index in [4.69, 9.17) is 10.2 Å². The molecular weight excluding hydrogens is 415 g/mol. The van der Waals surface area contributed by atoms with Crippen LogP contribution in [0.15, 0.2) is 65.1 Å². The van der Waals surface area contributed by atoms with Gasteiger partial charge in [0, 0.05) is 19.6 Å². The molecule has 3 aromatic rings. The highest BCUT2D eigenvalue weighted by Crippen LogP contribution is 2.29. The van der Waals surface area contributed by atoms with Gasteiger partial charge in [0.05, 0.1) is 5.56 Å². The van der Waals surface area contributed by atoms with Crippen LogP contribution in [0.2, 0.25) is 0 Å². The Balaban J connectivity index is 0.000000968. The molecule has 0 atom stereocenters. The highest BCUT2D eigenvalue weighted by Gasteiger charge is 2.26. The summed E-state index contributed by atoms with van der Waals surface area (Å²) in [4.78, 5) is 14.6. The number of hydrogen-bond donors (Lipinski definition) is 1. The predicted octanol–water partition coefficient (Wildman–Crippen LogP) is 5.71. The average molecular weight is 447 g/mol. The number of nitrogens with two attached hydrogens (primary N) is 1. The molecule has 1 fully saturated rings. The van der Waals surface area contributed by atoms with Crippen molar-refractivity contribution in [1.82, 2.24) is 4.90 Å². The molecule has 2 aromatic carbocycles. The van der Waals surface area contributed by atoms with Crippen molar-refractivity contribution >= 4 is 5.91 Å². The van der Waals surface area contributed by atoms with Gasteiger partial charge in [-0.3, -0.25) is 4.79 Å². The lowest BCUT2D eigenvalue weighted by atomic mass is 9.88. The Morgan fingerprint density at radius 2 is 1.79 bits per heavy atom. The first kappa shape index (κ1) is 24.3. The topological polar surface area (TPSA) is 59.5 Å². The minimum absolute atomic E-state index is 0.136. The van der Waals surface area contributed by atoms with E-state index < -0.39 is 0 Å². The number of likely N-dealkylation sites (tertiary alicyclic amines) is 1. The van der Waals surface area contributed by atoms with Crippen LogP contribution in [0.4, 0.5) is 4.39 Å². The van der Waals surface area contributed by atoms with Gasteiger partial charge >= 0.3 is 0 Å². The molecular formula is C28H31FN2O2. The van der Waals surface area contributed by atoms with E-state index in [1.807, 2.05) is 17.0 Å². The summed E-state index contributed by atoms with van der Waals surface area (Å²) in [5.74, 6) is 6.04. The van der Waals surface area contributed by atoms with E-state index in [1.54, 1.807) is 30.3 Å². The SMILES string of the molecule is CCC.NCc1cccc(C2CCN(C(=O)c3ccc(C#Cc4ccccc4F)o3)CC2)c1. The van der Waals surface area contributed by atoms with E-state index in [1.165, 1.54) is 18.1 Å². The lowest BCUT2D eigenvalue weighted by molar-refractivity contribution is 0.0680. The first-order valence-electron chi connectivity index (χ1n) is 11.5. The highest BCUT2D eigenvalue weighted by atomic mass is 19.1. The Kier molecular flexibility index (Phi) is 8.86.